The highest BCUT2D eigenvalue weighted by Gasteiger charge is 2.21. The normalized spacial score (nSPS) is 20.9. The molecule has 3 heteroatoms. The topological polar surface area (TPSA) is 24.5 Å². The van der Waals surface area contributed by atoms with Gasteiger partial charge in [-0.2, -0.15) is 0 Å². The molecule has 0 bridgehead atoms. The van der Waals surface area contributed by atoms with Crippen LogP contribution in [0.15, 0.2) is 0 Å². The highest BCUT2D eigenvalue weighted by molar-refractivity contribution is 4.77. The van der Waals surface area contributed by atoms with E-state index in [0.717, 1.165) is 31.5 Å². The van der Waals surface area contributed by atoms with Crippen molar-refractivity contribution >= 4 is 0 Å². The maximum atomic E-state index is 5.75. The largest absolute Gasteiger partial charge is 0.377 e. The molecule has 0 spiro atoms. The van der Waals surface area contributed by atoms with E-state index < -0.39 is 0 Å². The lowest BCUT2D eigenvalue weighted by Crippen LogP contribution is -2.42. The molecular formula is C18H38N2O. The molecule has 1 aliphatic heterocycles. The Labute approximate surface area is 132 Å². The van der Waals surface area contributed by atoms with Gasteiger partial charge >= 0.3 is 0 Å². The van der Waals surface area contributed by atoms with Gasteiger partial charge in [0.15, 0.2) is 0 Å². The molecule has 0 aromatic rings. The summed E-state index contributed by atoms with van der Waals surface area (Å²) in [5.74, 6) is 1.59. The second-order valence-electron chi connectivity index (χ2n) is 7.50. The first-order valence-electron chi connectivity index (χ1n) is 9.06. The molecule has 1 saturated heterocycles. The molecule has 3 nitrogen and oxygen atoms in total. The number of rotatable bonds is 11. The third-order valence-corrected chi connectivity index (χ3v) is 4.46. The predicted molar refractivity (Wildman–Crippen MR) is 91.8 cm³/mol. The average molecular weight is 299 g/mol. The zero-order valence-electron chi connectivity index (χ0n) is 15.0. The number of hydrogen-bond acceptors (Lipinski definition) is 3. The van der Waals surface area contributed by atoms with E-state index in [1.165, 1.54) is 38.8 Å². The zero-order chi connectivity index (χ0) is 15.7. The molecule has 21 heavy (non-hydrogen) atoms. The molecule has 1 aliphatic rings. The fourth-order valence-electron chi connectivity index (χ4n) is 2.80. The first-order chi connectivity index (χ1) is 9.99. The molecule has 1 heterocycles. The van der Waals surface area contributed by atoms with Crippen LogP contribution < -0.4 is 5.32 Å². The van der Waals surface area contributed by atoms with E-state index in [1.807, 2.05) is 0 Å². The van der Waals surface area contributed by atoms with Crippen LogP contribution >= 0.6 is 0 Å². The standard InChI is InChI=1S/C18H38N2O/c1-15(2)8-11-20(12-9-16(3)4)13-10-19-17(5)18-7-6-14-21-18/h15-19H,6-14H2,1-5H3. The van der Waals surface area contributed by atoms with Crippen LogP contribution in [0.1, 0.15) is 60.3 Å². The Bertz CT molecular complexity index is 238. The Morgan fingerprint density at radius 1 is 1.00 bits per heavy atom. The summed E-state index contributed by atoms with van der Waals surface area (Å²) >= 11 is 0. The summed E-state index contributed by atoms with van der Waals surface area (Å²) in [5, 5.41) is 3.66. The van der Waals surface area contributed by atoms with Gasteiger partial charge in [0.25, 0.3) is 0 Å². The van der Waals surface area contributed by atoms with Gasteiger partial charge in [-0.1, -0.05) is 27.7 Å². The molecule has 0 saturated carbocycles. The van der Waals surface area contributed by atoms with Gasteiger partial charge in [0.05, 0.1) is 6.10 Å². The number of nitrogens with one attached hydrogen (secondary N) is 1. The molecule has 1 rings (SSSR count). The summed E-state index contributed by atoms with van der Waals surface area (Å²) < 4.78 is 5.75. The monoisotopic (exact) mass is 298 g/mol. The summed E-state index contributed by atoms with van der Waals surface area (Å²) in [7, 11) is 0. The number of nitrogens with zero attached hydrogens (tertiary/aromatic N) is 1. The van der Waals surface area contributed by atoms with Crippen molar-refractivity contribution in [3.63, 3.8) is 0 Å². The van der Waals surface area contributed by atoms with Gasteiger partial charge < -0.3 is 15.0 Å². The molecule has 0 radical (unpaired) electrons. The van der Waals surface area contributed by atoms with Crippen LogP contribution in [0.2, 0.25) is 0 Å². The minimum atomic E-state index is 0.435. The Hall–Kier alpha value is -0.120. The van der Waals surface area contributed by atoms with Crippen LogP contribution in [-0.2, 0) is 4.74 Å². The van der Waals surface area contributed by atoms with E-state index >= 15 is 0 Å². The summed E-state index contributed by atoms with van der Waals surface area (Å²) in [6, 6.07) is 0.490. The van der Waals surface area contributed by atoms with Crippen molar-refractivity contribution in [1.82, 2.24) is 10.2 Å². The van der Waals surface area contributed by atoms with Crippen molar-refractivity contribution < 1.29 is 4.74 Å². The van der Waals surface area contributed by atoms with Gasteiger partial charge in [-0.25, -0.2) is 0 Å². The molecule has 1 fully saturated rings. The van der Waals surface area contributed by atoms with Crippen molar-refractivity contribution in [1.29, 1.82) is 0 Å². The van der Waals surface area contributed by atoms with Crippen LogP contribution in [-0.4, -0.2) is 49.8 Å². The van der Waals surface area contributed by atoms with Crippen molar-refractivity contribution in [2.75, 3.05) is 32.8 Å². The molecule has 2 unspecified atom stereocenters. The molecule has 0 aromatic carbocycles. The van der Waals surface area contributed by atoms with Gasteiger partial charge in [0, 0.05) is 25.7 Å². The minimum absolute atomic E-state index is 0.435. The highest BCUT2D eigenvalue weighted by atomic mass is 16.5. The zero-order valence-corrected chi connectivity index (χ0v) is 15.0. The lowest BCUT2D eigenvalue weighted by Gasteiger charge is -2.26. The molecule has 2 atom stereocenters. The van der Waals surface area contributed by atoms with E-state index in [2.05, 4.69) is 44.8 Å². The quantitative estimate of drug-likeness (QED) is 0.631. The number of hydrogen-bond donors (Lipinski definition) is 1. The van der Waals surface area contributed by atoms with Crippen LogP contribution in [0.5, 0.6) is 0 Å². The predicted octanol–water partition coefficient (Wildman–Crippen LogP) is 3.54. The smallest absolute Gasteiger partial charge is 0.0726 e. The maximum absolute atomic E-state index is 5.75. The third-order valence-electron chi connectivity index (χ3n) is 4.46. The Balaban J connectivity index is 2.23. The summed E-state index contributed by atoms with van der Waals surface area (Å²) in [6.07, 6.45) is 5.49. The van der Waals surface area contributed by atoms with E-state index in [0.29, 0.717) is 12.1 Å². The van der Waals surface area contributed by atoms with Gasteiger partial charge in [-0.05, 0) is 57.5 Å². The summed E-state index contributed by atoms with van der Waals surface area (Å²) in [6.45, 7) is 17.2. The first-order valence-corrected chi connectivity index (χ1v) is 9.06. The Kier molecular flexibility index (Phi) is 9.54. The number of ether oxygens (including phenoxy) is 1. The lowest BCUT2D eigenvalue weighted by atomic mass is 10.1. The molecule has 1 N–H and O–H groups in total. The molecule has 0 aliphatic carbocycles. The Morgan fingerprint density at radius 3 is 2.10 bits per heavy atom. The van der Waals surface area contributed by atoms with Crippen LogP contribution in [0.3, 0.4) is 0 Å². The molecular weight excluding hydrogens is 260 g/mol. The van der Waals surface area contributed by atoms with Gasteiger partial charge in [-0.15, -0.1) is 0 Å². The molecule has 0 amide bonds. The SMILES string of the molecule is CC(C)CCN(CCNC(C)C1CCCO1)CCC(C)C. The lowest BCUT2D eigenvalue weighted by molar-refractivity contribution is 0.0825. The minimum Gasteiger partial charge on any atom is -0.377 e. The average Bonchev–Trinajstić information content (AvgIpc) is 2.94. The van der Waals surface area contributed by atoms with Gasteiger partial charge in [0.1, 0.15) is 0 Å². The summed E-state index contributed by atoms with van der Waals surface area (Å²) in [4.78, 5) is 2.63. The highest BCUT2D eigenvalue weighted by Crippen LogP contribution is 2.15. The van der Waals surface area contributed by atoms with Gasteiger partial charge in [0.2, 0.25) is 0 Å². The van der Waals surface area contributed by atoms with E-state index in [1.54, 1.807) is 0 Å². The van der Waals surface area contributed by atoms with Crippen LogP contribution in [0.25, 0.3) is 0 Å². The maximum Gasteiger partial charge on any atom is 0.0726 e. The van der Waals surface area contributed by atoms with Gasteiger partial charge in [-0.3, -0.25) is 0 Å². The fourth-order valence-corrected chi connectivity index (χ4v) is 2.80. The Morgan fingerprint density at radius 2 is 1.62 bits per heavy atom. The van der Waals surface area contributed by atoms with E-state index in [-0.39, 0.29) is 0 Å². The molecule has 126 valence electrons. The fraction of sp³-hybridized carbons (Fsp3) is 1.00. The van der Waals surface area contributed by atoms with E-state index in [4.69, 9.17) is 4.74 Å². The van der Waals surface area contributed by atoms with Crippen molar-refractivity contribution in [2.24, 2.45) is 11.8 Å². The van der Waals surface area contributed by atoms with Crippen molar-refractivity contribution in [3.8, 4) is 0 Å². The van der Waals surface area contributed by atoms with Crippen LogP contribution in [0, 0.1) is 11.8 Å². The second-order valence-corrected chi connectivity index (χ2v) is 7.50. The van der Waals surface area contributed by atoms with Crippen LogP contribution in [0.4, 0.5) is 0 Å². The third kappa shape index (κ3) is 8.80. The molecule has 0 aromatic heterocycles. The van der Waals surface area contributed by atoms with Crippen molar-refractivity contribution in [3.05, 3.63) is 0 Å². The van der Waals surface area contributed by atoms with E-state index in [9.17, 15) is 0 Å². The summed E-state index contributed by atoms with van der Waals surface area (Å²) in [5.41, 5.74) is 0. The second kappa shape index (κ2) is 10.6. The first kappa shape index (κ1) is 18.9. The van der Waals surface area contributed by atoms with Crippen molar-refractivity contribution in [2.45, 2.75) is 72.4 Å².